The summed E-state index contributed by atoms with van der Waals surface area (Å²) in [7, 11) is -3.68. The van der Waals surface area contributed by atoms with Gasteiger partial charge in [0.05, 0.1) is 11.5 Å². The first-order chi connectivity index (χ1) is 10.0. The van der Waals surface area contributed by atoms with Gasteiger partial charge < -0.3 is 4.74 Å². The molecule has 0 bridgehead atoms. The maximum absolute atomic E-state index is 12.2. The van der Waals surface area contributed by atoms with Crippen LogP contribution < -0.4 is 9.46 Å². The van der Waals surface area contributed by atoms with Gasteiger partial charge in [0.25, 0.3) is 10.0 Å². The lowest BCUT2D eigenvalue weighted by Crippen LogP contribution is -2.13. The van der Waals surface area contributed by atoms with Gasteiger partial charge in [-0.3, -0.25) is 4.72 Å². The van der Waals surface area contributed by atoms with E-state index in [2.05, 4.69) is 9.71 Å². The van der Waals surface area contributed by atoms with Gasteiger partial charge >= 0.3 is 0 Å². The summed E-state index contributed by atoms with van der Waals surface area (Å²) < 4.78 is 32.3. The van der Waals surface area contributed by atoms with Crippen molar-refractivity contribution in [1.82, 2.24) is 4.98 Å². The van der Waals surface area contributed by atoms with Gasteiger partial charge in [-0.15, -0.1) is 0 Å². The number of benzene rings is 1. The molecule has 0 aliphatic carbocycles. The molecule has 5 nitrogen and oxygen atoms in total. The minimum absolute atomic E-state index is 0.0637. The topological polar surface area (TPSA) is 68.3 Å². The number of pyridine rings is 1. The van der Waals surface area contributed by atoms with Gasteiger partial charge in [0.1, 0.15) is 10.9 Å². The van der Waals surface area contributed by atoms with E-state index in [1.165, 1.54) is 18.3 Å². The summed E-state index contributed by atoms with van der Waals surface area (Å²) in [6.07, 6.45) is 2.26. The number of anilines is 1. The van der Waals surface area contributed by atoms with Crippen LogP contribution in [-0.4, -0.2) is 20.0 Å². The zero-order chi connectivity index (χ0) is 15.3. The molecular weight excluding hydrogens is 312 g/mol. The lowest BCUT2D eigenvalue weighted by Gasteiger charge is -2.09. The highest BCUT2D eigenvalue weighted by molar-refractivity contribution is 7.92. The van der Waals surface area contributed by atoms with Gasteiger partial charge in [-0.1, -0.05) is 18.5 Å². The summed E-state index contributed by atoms with van der Waals surface area (Å²) in [6, 6.07) is 9.40. The normalized spacial score (nSPS) is 11.1. The largest absolute Gasteiger partial charge is 0.494 e. The Balaban J connectivity index is 2.13. The zero-order valence-corrected chi connectivity index (χ0v) is 13.0. The summed E-state index contributed by atoms with van der Waals surface area (Å²) in [5.74, 6) is 0.701. The van der Waals surface area contributed by atoms with Gasteiger partial charge in [-0.25, -0.2) is 13.4 Å². The molecular formula is C14H15ClN2O3S. The molecule has 112 valence electrons. The Morgan fingerprint density at radius 2 is 1.95 bits per heavy atom. The van der Waals surface area contributed by atoms with Crippen molar-refractivity contribution >= 4 is 27.3 Å². The Morgan fingerprint density at radius 1 is 1.24 bits per heavy atom. The molecule has 0 unspecified atom stereocenters. The third kappa shape index (κ3) is 4.34. The number of nitrogens with one attached hydrogen (secondary N) is 1. The van der Waals surface area contributed by atoms with Crippen LogP contribution in [0.4, 0.5) is 5.69 Å². The third-order valence-electron chi connectivity index (χ3n) is 2.59. The van der Waals surface area contributed by atoms with E-state index in [0.717, 1.165) is 6.42 Å². The highest BCUT2D eigenvalue weighted by atomic mass is 35.5. The van der Waals surface area contributed by atoms with Gasteiger partial charge in [-0.05, 0) is 42.8 Å². The maximum atomic E-state index is 12.2. The van der Waals surface area contributed by atoms with Crippen LogP contribution in [-0.2, 0) is 10.0 Å². The number of rotatable bonds is 6. The van der Waals surface area contributed by atoms with Crippen LogP contribution in [0.15, 0.2) is 47.5 Å². The minimum atomic E-state index is -3.68. The van der Waals surface area contributed by atoms with Gasteiger partial charge in [0, 0.05) is 11.9 Å². The van der Waals surface area contributed by atoms with Crippen LogP contribution in [0.2, 0.25) is 5.15 Å². The number of hydrogen-bond donors (Lipinski definition) is 1. The molecule has 0 saturated carbocycles. The summed E-state index contributed by atoms with van der Waals surface area (Å²) in [6.45, 7) is 2.64. The lowest BCUT2D eigenvalue weighted by molar-refractivity contribution is 0.317. The Hall–Kier alpha value is -1.79. The van der Waals surface area contributed by atoms with E-state index >= 15 is 0 Å². The zero-order valence-electron chi connectivity index (χ0n) is 11.4. The fraction of sp³-hybridized carbons (Fsp3) is 0.214. The second kappa shape index (κ2) is 6.78. The third-order valence-corrected chi connectivity index (χ3v) is 4.17. The average Bonchev–Trinajstić information content (AvgIpc) is 2.46. The molecule has 1 N–H and O–H groups in total. The molecule has 0 spiro atoms. The van der Waals surface area contributed by atoms with Crippen molar-refractivity contribution < 1.29 is 13.2 Å². The first-order valence-electron chi connectivity index (χ1n) is 6.38. The second-order valence-corrected chi connectivity index (χ2v) is 6.36. The number of hydrogen-bond acceptors (Lipinski definition) is 4. The van der Waals surface area contributed by atoms with E-state index in [9.17, 15) is 8.42 Å². The molecule has 21 heavy (non-hydrogen) atoms. The first-order valence-corrected chi connectivity index (χ1v) is 8.24. The highest BCUT2D eigenvalue weighted by Gasteiger charge is 2.14. The van der Waals surface area contributed by atoms with Crippen molar-refractivity contribution in [3.8, 4) is 5.75 Å². The quantitative estimate of drug-likeness (QED) is 0.827. The molecule has 0 amide bonds. The van der Waals surface area contributed by atoms with Crippen molar-refractivity contribution in [1.29, 1.82) is 0 Å². The number of nitrogens with zero attached hydrogens (tertiary/aromatic N) is 1. The fourth-order valence-electron chi connectivity index (χ4n) is 1.61. The van der Waals surface area contributed by atoms with Crippen molar-refractivity contribution in [2.45, 2.75) is 18.2 Å². The van der Waals surface area contributed by atoms with Crippen LogP contribution in [0.25, 0.3) is 0 Å². The first kappa shape index (κ1) is 15.6. The van der Waals surface area contributed by atoms with Crippen molar-refractivity contribution in [3.05, 3.63) is 47.7 Å². The van der Waals surface area contributed by atoms with E-state index < -0.39 is 10.0 Å². The molecule has 2 rings (SSSR count). The summed E-state index contributed by atoms with van der Waals surface area (Å²) >= 11 is 5.70. The minimum Gasteiger partial charge on any atom is -0.494 e. The Kier molecular flexibility index (Phi) is 5.03. The fourth-order valence-corrected chi connectivity index (χ4v) is 2.91. The van der Waals surface area contributed by atoms with Crippen molar-refractivity contribution in [2.24, 2.45) is 0 Å². The molecule has 1 heterocycles. The Labute approximate surface area is 129 Å². The van der Waals surface area contributed by atoms with E-state index in [1.54, 1.807) is 24.3 Å². The van der Waals surface area contributed by atoms with Crippen molar-refractivity contribution in [3.63, 3.8) is 0 Å². The SMILES string of the molecule is CCCOc1ccc(NS(=O)(=O)c2ccnc(Cl)c2)cc1. The number of halogens is 1. The average molecular weight is 327 g/mol. The van der Waals surface area contributed by atoms with Crippen LogP contribution in [0.3, 0.4) is 0 Å². The van der Waals surface area contributed by atoms with E-state index in [1.807, 2.05) is 6.92 Å². The Bertz CT molecular complexity index is 702. The summed E-state index contributed by atoms with van der Waals surface area (Å²) in [5, 5.41) is 0.126. The van der Waals surface area contributed by atoms with Gasteiger partial charge in [0.2, 0.25) is 0 Å². The summed E-state index contributed by atoms with van der Waals surface area (Å²) in [4.78, 5) is 3.82. The number of aromatic nitrogens is 1. The molecule has 0 aliphatic rings. The molecule has 7 heteroatoms. The monoisotopic (exact) mass is 326 g/mol. The van der Waals surface area contributed by atoms with E-state index in [0.29, 0.717) is 18.0 Å². The standard InChI is InChI=1S/C14H15ClN2O3S/c1-2-9-20-12-5-3-11(4-6-12)17-21(18,19)13-7-8-16-14(15)10-13/h3-8,10,17H,2,9H2,1H3. The molecule has 2 aromatic rings. The molecule has 0 saturated heterocycles. The highest BCUT2D eigenvalue weighted by Crippen LogP contribution is 2.20. The second-order valence-electron chi connectivity index (χ2n) is 4.29. The molecule has 0 radical (unpaired) electrons. The maximum Gasteiger partial charge on any atom is 0.262 e. The van der Waals surface area contributed by atoms with E-state index in [4.69, 9.17) is 16.3 Å². The molecule has 1 aromatic carbocycles. The lowest BCUT2D eigenvalue weighted by atomic mass is 10.3. The van der Waals surface area contributed by atoms with Gasteiger partial charge in [-0.2, -0.15) is 0 Å². The molecule has 0 atom stereocenters. The predicted molar refractivity (Wildman–Crippen MR) is 82.3 cm³/mol. The van der Waals surface area contributed by atoms with E-state index in [-0.39, 0.29) is 10.0 Å². The Morgan fingerprint density at radius 3 is 2.57 bits per heavy atom. The van der Waals surface area contributed by atoms with Gasteiger partial charge in [0.15, 0.2) is 0 Å². The predicted octanol–water partition coefficient (Wildman–Crippen LogP) is 3.32. The smallest absolute Gasteiger partial charge is 0.262 e. The van der Waals surface area contributed by atoms with Crippen LogP contribution >= 0.6 is 11.6 Å². The molecule has 1 aromatic heterocycles. The molecule has 0 fully saturated rings. The number of ether oxygens (including phenoxy) is 1. The van der Waals surface area contributed by atoms with Crippen LogP contribution in [0, 0.1) is 0 Å². The number of sulfonamides is 1. The van der Waals surface area contributed by atoms with Crippen molar-refractivity contribution in [2.75, 3.05) is 11.3 Å². The summed E-state index contributed by atoms with van der Waals surface area (Å²) in [5.41, 5.74) is 0.451. The molecule has 0 aliphatic heterocycles. The van der Waals surface area contributed by atoms with Crippen LogP contribution in [0.1, 0.15) is 13.3 Å². The van der Waals surface area contributed by atoms with Crippen LogP contribution in [0.5, 0.6) is 5.75 Å².